The summed E-state index contributed by atoms with van der Waals surface area (Å²) >= 11 is 1.50. The van der Waals surface area contributed by atoms with Gasteiger partial charge in [0.2, 0.25) is 5.91 Å². The number of aryl methyl sites for hydroxylation is 1. The predicted molar refractivity (Wildman–Crippen MR) is 109 cm³/mol. The second kappa shape index (κ2) is 8.22. The molecule has 0 unspecified atom stereocenters. The van der Waals surface area contributed by atoms with Gasteiger partial charge >= 0.3 is 0 Å². The van der Waals surface area contributed by atoms with E-state index in [9.17, 15) is 4.79 Å². The Morgan fingerprint density at radius 3 is 2.63 bits per heavy atom. The van der Waals surface area contributed by atoms with Crippen LogP contribution in [0.1, 0.15) is 16.8 Å². The first-order valence-electron chi connectivity index (χ1n) is 8.54. The fourth-order valence-electron chi connectivity index (χ4n) is 2.74. The van der Waals surface area contributed by atoms with Crippen LogP contribution in [0, 0.1) is 13.8 Å². The lowest BCUT2D eigenvalue weighted by Gasteiger charge is -2.09. The smallest absolute Gasteiger partial charge is 0.230 e. The van der Waals surface area contributed by atoms with E-state index < -0.39 is 0 Å². The van der Waals surface area contributed by atoms with Gasteiger partial charge in [0.25, 0.3) is 0 Å². The first kappa shape index (κ1) is 18.9. The first-order chi connectivity index (χ1) is 13.0. The lowest BCUT2D eigenvalue weighted by molar-refractivity contribution is -0.115. The Morgan fingerprint density at radius 2 is 1.89 bits per heavy atom. The number of amides is 1. The van der Waals surface area contributed by atoms with Crippen LogP contribution in [0.5, 0.6) is 11.5 Å². The molecule has 0 aliphatic heterocycles. The second-order valence-electron chi connectivity index (χ2n) is 6.19. The number of anilines is 1. The summed E-state index contributed by atoms with van der Waals surface area (Å²) in [4.78, 5) is 17.0. The maximum Gasteiger partial charge on any atom is 0.230 e. The van der Waals surface area contributed by atoms with Gasteiger partial charge in [0, 0.05) is 16.6 Å². The minimum Gasteiger partial charge on any atom is -0.493 e. The van der Waals surface area contributed by atoms with Crippen molar-refractivity contribution in [2.24, 2.45) is 0 Å². The molecule has 0 saturated heterocycles. The third-order valence-corrected chi connectivity index (χ3v) is 5.34. The largest absolute Gasteiger partial charge is 0.493 e. The van der Waals surface area contributed by atoms with Crippen molar-refractivity contribution < 1.29 is 14.3 Å². The topological polar surface area (TPSA) is 60.5 Å². The predicted octanol–water partition coefficient (Wildman–Crippen LogP) is 4.63. The van der Waals surface area contributed by atoms with Crippen molar-refractivity contribution in [2.75, 3.05) is 19.5 Å². The van der Waals surface area contributed by atoms with Crippen molar-refractivity contribution in [3.05, 3.63) is 58.6 Å². The summed E-state index contributed by atoms with van der Waals surface area (Å²) in [5, 5.41) is 5.72. The van der Waals surface area contributed by atoms with Crippen LogP contribution in [0.15, 0.2) is 41.8 Å². The van der Waals surface area contributed by atoms with Crippen LogP contribution < -0.4 is 14.8 Å². The Balaban J connectivity index is 1.72. The van der Waals surface area contributed by atoms with Gasteiger partial charge in [-0.3, -0.25) is 4.79 Å². The van der Waals surface area contributed by atoms with Gasteiger partial charge < -0.3 is 14.8 Å². The molecule has 140 valence electrons. The number of nitrogens with zero attached hydrogens (tertiary/aromatic N) is 1. The average molecular weight is 382 g/mol. The molecule has 6 heteroatoms. The van der Waals surface area contributed by atoms with E-state index in [1.165, 1.54) is 11.3 Å². The molecule has 0 fully saturated rings. The van der Waals surface area contributed by atoms with Crippen LogP contribution in [-0.2, 0) is 11.2 Å². The van der Waals surface area contributed by atoms with Gasteiger partial charge in [-0.25, -0.2) is 4.98 Å². The Hall–Kier alpha value is -2.86. The van der Waals surface area contributed by atoms with E-state index in [0.29, 0.717) is 11.5 Å². The molecule has 27 heavy (non-hydrogen) atoms. The summed E-state index contributed by atoms with van der Waals surface area (Å²) in [6.45, 7) is 4.03. The second-order valence-corrected chi connectivity index (χ2v) is 7.04. The van der Waals surface area contributed by atoms with Gasteiger partial charge in [-0.05, 0) is 49.2 Å². The van der Waals surface area contributed by atoms with Crippen LogP contribution in [0.2, 0.25) is 0 Å². The highest BCUT2D eigenvalue weighted by Crippen LogP contribution is 2.33. The standard InChI is InChI=1S/C21H22N2O3S/c1-13-6-5-7-17(14(13)2)23-20(24)11-16-12-27-21(22-16)15-8-9-18(25-3)19(10-15)26-4/h5-10,12H,11H2,1-4H3,(H,23,24). The van der Waals surface area contributed by atoms with E-state index in [0.717, 1.165) is 33.1 Å². The third kappa shape index (κ3) is 4.28. The Morgan fingerprint density at radius 1 is 1.11 bits per heavy atom. The minimum atomic E-state index is -0.0761. The van der Waals surface area contributed by atoms with Crippen molar-refractivity contribution in [3.8, 4) is 22.1 Å². The SMILES string of the molecule is COc1ccc(-c2nc(CC(=O)Nc3cccc(C)c3C)cs2)cc1OC. The van der Waals surface area contributed by atoms with Gasteiger partial charge in [-0.1, -0.05) is 12.1 Å². The number of carbonyl (C=O) groups is 1. The number of hydrogen-bond acceptors (Lipinski definition) is 5. The normalized spacial score (nSPS) is 10.5. The number of benzene rings is 2. The van der Waals surface area contributed by atoms with Crippen LogP contribution in [0.25, 0.3) is 10.6 Å². The fourth-order valence-corrected chi connectivity index (χ4v) is 3.55. The quantitative estimate of drug-likeness (QED) is 0.675. The molecule has 1 amide bonds. The number of rotatable bonds is 6. The lowest BCUT2D eigenvalue weighted by Crippen LogP contribution is -2.15. The van der Waals surface area contributed by atoms with Crippen molar-refractivity contribution in [3.63, 3.8) is 0 Å². The molecule has 0 saturated carbocycles. The van der Waals surface area contributed by atoms with Crippen molar-refractivity contribution in [1.82, 2.24) is 4.98 Å². The van der Waals surface area contributed by atoms with Gasteiger partial charge in [0.15, 0.2) is 11.5 Å². The molecule has 0 bridgehead atoms. The van der Waals surface area contributed by atoms with Gasteiger partial charge in [0.1, 0.15) is 5.01 Å². The number of hydrogen-bond donors (Lipinski definition) is 1. The van der Waals surface area contributed by atoms with Gasteiger partial charge in [-0.15, -0.1) is 11.3 Å². The highest BCUT2D eigenvalue weighted by atomic mass is 32.1. The number of carbonyl (C=O) groups excluding carboxylic acids is 1. The molecule has 1 heterocycles. The maximum absolute atomic E-state index is 12.4. The summed E-state index contributed by atoms with van der Waals surface area (Å²) in [5.41, 5.74) is 4.74. The Bertz CT molecular complexity index is 966. The van der Waals surface area contributed by atoms with E-state index in [4.69, 9.17) is 9.47 Å². The highest BCUT2D eigenvalue weighted by Gasteiger charge is 2.12. The summed E-state index contributed by atoms with van der Waals surface area (Å²) < 4.78 is 10.6. The minimum absolute atomic E-state index is 0.0761. The average Bonchev–Trinajstić information content (AvgIpc) is 3.13. The highest BCUT2D eigenvalue weighted by molar-refractivity contribution is 7.13. The van der Waals surface area contributed by atoms with Crippen molar-refractivity contribution >= 4 is 22.9 Å². The zero-order valence-electron chi connectivity index (χ0n) is 15.8. The zero-order chi connectivity index (χ0) is 19.4. The Labute approximate surface area is 163 Å². The molecule has 0 spiro atoms. The van der Waals surface area contributed by atoms with Crippen LogP contribution in [-0.4, -0.2) is 25.1 Å². The molecule has 5 nitrogen and oxygen atoms in total. The summed E-state index contributed by atoms with van der Waals surface area (Å²) in [6, 6.07) is 11.5. The third-order valence-electron chi connectivity index (χ3n) is 4.40. The monoisotopic (exact) mass is 382 g/mol. The molecular formula is C21H22N2O3S. The maximum atomic E-state index is 12.4. The van der Waals surface area contributed by atoms with Crippen LogP contribution in [0.4, 0.5) is 5.69 Å². The molecule has 3 rings (SSSR count). The molecule has 1 N–H and O–H groups in total. The van der Waals surface area contributed by atoms with E-state index in [2.05, 4.69) is 10.3 Å². The van der Waals surface area contributed by atoms with Crippen LogP contribution >= 0.6 is 11.3 Å². The summed E-state index contributed by atoms with van der Waals surface area (Å²) in [5.74, 6) is 1.25. The number of nitrogens with one attached hydrogen (secondary N) is 1. The molecular weight excluding hydrogens is 360 g/mol. The molecule has 3 aromatic rings. The van der Waals surface area contributed by atoms with Gasteiger partial charge in [0.05, 0.1) is 26.3 Å². The number of thiazole rings is 1. The first-order valence-corrected chi connectivity index (χ1v) is 9.42. The van der Waals surface area contributed by atoms with Crippen LogP contribution in [0.3, 0.4) is 0 Å². The van der Waals surface area contributed by atoms with E-state index >= 15 is 0 Å². The molecule has 2 aromatic carbocycles. The number of ether oxygens (including phenoxy) is 2. The van der Waals surface area contributed by atoms with E-state index in [1.54, 1.807) is 14.2 Å². The van der Waals surface area contributed by atoms with Crippen molar-refractivity contribution in [1.29, 1.82) is 0 Å². The molecule has 0 atom stereocenters. The molecule has 0 radical (unpaired) electrons. The Kier molecular flexibility index (Phi) is 5.76. The molecule has 1 aromatic heterocycles. The fraction of sp³-hybridized carbons (Fsp3) is 0.238. The van der Waals surface area contributed by atoms with E-state index in [1.807, 2.05) is 55.6 Å². The lowest BCUT2D eigenvalue weighted by atomic mass is 10.1. The number of methoxy groups -OCH3 is 2. The summed E-state index contributed by atoms with van der Waals surface area (Å²) in [6.07, 6.45) is 0.233. The molecule has 0 aliphatic rings. The zero-order valence-corrected chi connectivity index (χ0v) is 16.6. The molecule has 0 aliphatic carbocycles. The number of aromatic nitrogens is 1. The van der Waals surface area contributed by atoms with Gasteiger partial charge in [-0.2, -0.15) is 0 Å². The van der Waals surface area contributed by atoms with Crippen molar-refractivity contribution in [2.45, 2.75) is 20.3 Å². The summed E-state index contributed by atoms with van der Waals surface area (Å²) in [7, 11) is 3.21. The van der Waals surface area contributed by atoms with E-state index in [-0.39, 0.29) is 12.3 Å².